The lowest BCUT2D eigenvalue weighted by atomic mass is 10.00. The third-order valence-corrected chi connectivity index (χ3v) is 4.14. The fourth-order valence-corrected chi connectivity index (χ4v) is 2.55. The SMILES string of the molecule is CCC(C)(OC)c1nc(N)cc(C2CCCC2)n1. The van der Waals surface area contributed by atoms with Crippen LogP contribution < -0.4 is 5.73 Å². The molecular formula is C14H23N3O. The van der Waals surface area contributed by atoms with Crippen molar-refractivity contribution >= 4 is 5.82 Å². The maximum atomic E-state index is 5.93. The van der Waals surface area contributed by atoms with E-state index in [1.807, 2.05) is 13.0 Å². The van der Waals surface area contributed by atoms with E-state index < -0.39 is 5.60 Å². The van der Waals surface area contributed by atoms with Gasteiger partial charge < -0.3 is 10.5 Å². The normalized spacial score (nSPS) is 19.9. The van der Waals surface area contributed by atoms with E-state index in [0.717, 1.165) is 17.9 Å². The Balaban J connectivity index is 2.36. The third kappa shape index (κ3) is 2.48. The number of ether oxygens (including phenoxy) is 1. The Hall–Kier alpha value is -1.16. The zero-order valence-electron chi connectivity index (χ0n) is 11.6. The quantitative estimate of drug-likeness (QED) is 0.891. The molecule has 1 saturated carbocycles. The summed E-state index contributed by atoms with van der Waals surface area (Å²) in [7, 11) is 1.70. The topological polar surface area (TPSA) is 61.0 Å². The molecule has 1 aliphatic rings. The maximum absolute atomic E-state index is 5.93. The molecule has 1 unspecified atom stereocenters. The summed E-state index contributed by atoms with van der Waals surface area (Å²) in [6.07, 6.45) is 5.84. The van der Waals surface area contributed by atoms with Crippen LogP contribution in [0.3, 0.4) is 0 Å². The molecule has 4 nitrogen and oxygen atoms in total. The second kappa shape index (κ2) is 5.22. The van der Waals surface area contributed by atoms with Crippen molar-refractivity contribution in [1.82, 2.24) is 9.97 Å². The van der Waals surface area contributed by atoms with E-state index in [9.17, 15) is 0 Å². The van der Waals surface area contributed by atoms with Crippen molar-refractivity contribution in [2.75, 3.05) is 12.8 Å². The number of hydrogen-bond acceptors (Lipinski definition) is 4. The van der Waals surface area contributed by atoms with Crippen LogP contribution in [0.15, 0.2) is 6.07 Å². The van der Waals surface area contributed by atoms with Gasteiger partial charge in [0.1, 0.15) is 11.4 Å². The van der Waals surface area contributed by atoms with Gasteiger partial charge in [-0.2, -0.15) is 0 Å². The Kier molecular flexibility index (Phi) is 3.85. The van der Waals surface area contributed by atoms with Crippen LogP contribution in [0.25, 0.3) is 0 Å². The molecule has 1 atom stereocenters. The molecule has 18 heavy (non-hydrogen) atoms. The van der Waals surface area contributed by atoms with Crippen LogP contribution in [0.1, 0.15) is 63.4 Å². The Bertz CT molecular complexity index is 410. The summed E-state index contributed by atoms with van der Waals surface area (Å²) in [4.78, 5) is 9.07. The highest BCUT2D eigenvalue weighted by Crippen LogP contribution is 2.35. The molecule has 1 heterocycles. The molecule has 0 amide bonds. The number of anilines is 1. The van der Waals surface area contributed by atoms with E-state index in [-0.39, 0.29) is 0 Å². The first-order valence-corrected chi connectivity index (χ1v) is 6.79. The van der Waals surface area contributed by atoms with Crippen molar-refractivity contribution in [1.29, 1.82) is 0 Å². The molecule has 2 N–H and O–H groups in total. The molecule has 1 aromatic rings. The van der Waals surface area contributed by atoms with Gasteiger partial charge in [0.25, 0.3) is 0 Å². The summed E-state index contributed by atoms with van der Waals surface area (Å²) >= 11 is 0. The van der Waals surface area contributed by atoms with Crippen LogP contribution in [0.2, 0.25) is 0 Å². The number of nitrogen functional groups attached to an aromatic ring is 1. The van der Waals surface area contributed by atoms with Crippen molar-refractivity contribution in [2.24, 2.45) is 0 Å². The van der Waals surface area contributed by atoms with E-state index in [1.54, 1.807) is 7.11 Å². The van der Waals surface area contributed by atoms with Gasteiger partial charge in [0, 0.05) is 24.8 Å². The van der Waals surface area contributed by atoms with Gasteiger partial charge in [-0.3, -0.25) is 0 Å². The van der Waals surface area contributed by atoms with Crippen molar-refractivity contribution in [2.45, 2.75) is 57.5 Å². The molecule has 0 spiro atoms. The summed E-state index contributed by atoms with van der Waals surface area (Å²) in [6, 6.07) is 1.92. The van der Waals surface area contributed by atoms with E-state index in [0.29, 0.717) is 11.7 Å². The zero-order valence-corrected chi connectivity index (χ0v) is 11.6. The Labute approximate surface area is 109 Å². The summed E-state index contributed by atoms with van der Waals surface area (Å²) in [5.74, 6) is 1.82. The van der Waals surface area contributed by atoms with Gasteiger partial charge in [-0.15, -0.1) is 0 Å². The summed E-state index contributed by atoms with van der Waals surface area (Å²) in [5, 5.41) is 0. The number of rotatable bonds is 4. The summed E-state index contributed by atoms with van der Waals surface area (Å²) in [6.45, 7) is 4.09. The van der Waals surface area contributed by atoms with Crippen molar-refractivity contribution in [3.05, 3.63) is 17.6 Å². The maximum Gasteiger partial charge on any atom is 0.162 e. The Morgan fingerprint density at radius 3 is 2.61 bits per heavy atom. The largest absolute Gasteiger partial charge is 0.384 e. The minimum absolute atomic E-state index is 0.442. The lowest BCUT2D eigenvalue weighted by Crippen LogP contribution is -2.27. The van der Waals surface area contributed by atoms with Gasteiger partial charge in [0.2, 0.25) is 0 Å². The average molecular weight is 249 g/mol. The summed E-state index contributed by atoms with van der Waals surface area (Å²) in [5.41, 5.74) is 6.57. The second-order valence-corrected chi connectivity index (χ2v) is 5.31. The number of nitrogens with two attached hydrogens (primary N) is 1. The van der Waals surface area contributed by atoms with Crippen LogP contribution in [0.4, 0.5) is 5.82 Å². The van der Waals surface area contributed by atoms with Gasteiger partial charge >= 0.3 is 0 Å². The summed E-state index contributed by atoms with van der Waals surface area (Å²) < 4.78 is 5.57. The monoisotopic (exact) mass is 249 g/mol. The van der Waals surface area contributed by atoms with Gasteiger partial charge in [-0.1, -0.05) is 19.8 Å². The van der Waals surface area contributed by atoms with Crippen LogP contribution in [0.5, 0.6) is 0 Å². The molecule has 0 saturated heterocycles. The second-order valence-electron chi connectivity index (χ2n) is 5.31. The molecule has 2 rings (SSSR count). The first-order valence-electron chi connectivity index (χ1n) is 6.79. The fourth-order valence-electron chi connectivity index (χ4n) is 2.55. The van der Waals surface area contributed by atoms with Gasteiger partial charge in [-0.05, 0) is 26.2 Å². The number of methoxy groups -OCH3 is 1. The van der Waals surface area contributed by atoms with Crippen molar-refractivity contribution in [3.63, 3.8) is 0 Å². The van der Waals surface area contributed by atoms with Crippen LogP contribution in [-0.2, 0) is 10.3 Å². The number of nitrogens with zero attached hydrogens (tertiary/aromatic N) is 2. The smallest absolute Gasteiger partial charge is 0.162 e. The minimum Gasteiger partial charge on any atom is -0.384 e. The molecule has 100 valence electrons. The Morgan fingerprint density at radius 2 is 2.06 bits per heavy atom. The van der Waals surface area contributed by atoms with Crippen LogP contribution in [0, 0.1) is 0 Å². The molecule has 1 aromatic heterocycles. The average Bonchev–Trinajstić information content (AvgIpc) is 2.91. The highest BCUT2D eigenvalue weighted by molar-refractivity contribution is 5.32. The first-order chi connectivity index (χ1) is 8.59. The highest BCUT2D eigenvalue weighted by Gasteiger charge is 2.29. The van der Waals surface area contributed by atoms with Gasteiger partial charge in [0.05, 0.1) is 0 Å². The third-order valence-electron chi connectivity index (χ3n) is 4.14. The van der Waals surface area contributed by atoms with Crippen LogP contribution in [-0.4, -0.2) is 17.1 Å². The van der Waals surface area contributed by atoms with E-state index in [4.69, 9.17) is 15.5 Å². The standard InChI is InChI=1S/C14H23N3O/c1-4-14(2,18-3)13-16-11(9-12(15)17-13)10-7-5-6-8-10/h9-10H,4-8H2,1-3H3,(H2,15,16,17). The van der Waals surface area contributed by atoms with Crippen molar-refractivity contribution < 1.29 is 4.74 Å². The van der Waals surface area contributed by atoms with E-state index in [2.05, 4.69) is 11.9 Å². The van der Waals surface area contributed by atoms with Crippen LogP contribution >= 0.6 is 0 Å². The zero-order chi connectivity index (χ0) is 13.2. The number of hydrogen-bond donors (Lipinski definition) is 1. The predicted octanol–water partition coefficient (Wildman–Crippen LogP) is 2.99. The molecule has 4 heteroatoms. The van der Waals surface area contributed by atoms with E-state index >= 15 is 0 Å². The first kappa shape index (κ1) is 13.3. The van der Waals surface area contributed by atoms with Gasteiger partial charge in [-0.25, -0.2) is 9.97 Å². The Morgan fingerprint density at radius 1 is 1.39 bits per heavy atom. The molecular weight excluding hydrogens is 226 g/mol. The van der Waals surface area contributed by atoms with Gasteiger partial charge in [0.15, 0.2) is 5.82 Å². The predicted molar refractivity (Wildman–Crippen MR) is 72.3 cm³/mol. The van der Waals surface area contributed by atoms with Crippen molar-refractivity contribution in [3.8, 4) is 0 Å². The highest BCUT2D eigenvalue weighted by atomic mass is 16.5. The van der Waals surface area contributed by atoms with E-state index in [1.165, 1.54) is 25.7 Å². The molecule has 1 fully saturated rings. The lowest BCUT2D eigenvalue weighted by Gasteiger charge is -2.26. The molecule has 0 aromatic carbocycles. The lowest BCUT2D eigenvalue weighted by molar-refractivity contribution is -0.00908. The number of aromatic nitrogens is 2. The molecule has 0 bridgehead atoms. The molecule has 1 aliphatic carbocycles. The fraction of sp³-hybridized carbons (Fsp3) is 0.714. The molecule has 0 aliphatic heterocycles. The minimum atomic E-state index is -0.442. The molecule has 0 radical (unpaired) electrons.